The fourth-order valence-electron chi connectivity index (χ4n) is 3.55. The van der Waals surface area contributed by atoms with Crippen molar-refractivity contribution in [2.24, 2.45) is 0 Å². The molecule has 29 heavy (non-hydrogen) atoms. The molecule has 0 unspecified atom stereocenters. The van der Waals surface area contributed by atoms with Gasteiger partial charge in [-0.3, -0.25) is 19.7 Å². The molecule has 4 rings (SSSR count). The van der Waals surface area contributed by atoms with E-state index in [0.717, 1.165) is 5.69 Å². The third-order valence-corrected chi connectivity index (χ3v) is 7.12. The van der Waals surface area contributed by atoms with Gasteiger partial charge in [-0.25, -0.2) is 8.42 Å². The van der Waals surface area contributed by atoms with Crippen molar-refractivity contribution in [3.63, 3.8) is 0 Å². The molecule has 2 aliphatic heterocycles. The normalized spacial score (nSPS) is 17.2. The number of hydrogen-bond acceptors (Lipinski definition) is 6. The van der Waals surface area contributed by atoms with Crippen molar-refractivity contribution in [3.8, 4) is 0 Å². The Labute approximate surface area is 168 Å². The van der Waals surface area contributed by atoms with E-state index in [1.807, 2.05) is 12.1 Å². The molecule has 0 radical (unpaired) electrons. The molecule has 1 fully saturated rings. The molecule has 2 aromatic rings. The first-order chi connectivity index (χ1) is 13.8. The zero-order chi connectivity index (χ0) is 20.8. The van der Waals surface area contributed by atoms with Crippen molar-refractivity contribution in [2.75, 3.05) is 31.1 Å². The van der Waals surface area contributed by atoms with E-state index in [4.69, 9.17) is 0 Å². The summed E-state index contributed by atoms with van der Waals surface area (Å²) in [5, 5.41) is 2.16. The molecule has 0 saturated carbocycles. The van der Waals surface area contributed by atoms with Crippen molar-refractivity contribution in [3.05, 3.63) is 59.2 Å². The Balaban J connectivity index is 1.49. The predicted octanol–water partition coefficient (Wildman–Crippen LogP) is 1.28. The van der Waals surface area contributed by atoms with Crippen LogP contribution in [-0.4, -0.2) is 56.5 Å². The van der Waals surface area contributed by atoms with Crippen molar-refractivity contribution < 1.29 is 22.8 Å². The number of piperazine rings is 1. The van der Waals surface area contributed by atoms with E-state index in [0.29, 0.717) is 31.7 Å². The molecule has 0 bridgehead atoms. The number of nitrogens with zero attached hydrogens (tertiary/aromatic N) is 2. The van der Waals surface area contributed by atoms with Crippen molar-refractivity contribution in [2.45, 2.75) is 11.8 Å². The van der Waals surface area contributed by atoms with E-state index < -0.39 is 21.8 Å². The molecule has 1 N–H and O–H groups in total. The number of Topliss-reactive ketones (excluding diaryl/α,β-unsaturated/α-hetero) is 1. The number of ketones is 1. The second kappa shape index (κ2) is 7.09. The van der Waals surface area contributed by atoms with Crippen LogP contribution in [0.25, 0.3) is 0 Å². The van der Waals surface area contributed by atoms with Crippen LogP contribution in [0, 0.1) is 0 Å². The first-order valence-electron chi connectivity index (χ1n) is 9.13. The molecule has 150 valence electrons. The number of carbonyl (C=O) groups excluding carboxylic acids is 3. The molecule has 2 amide bonds. The van der Waals surface area contributed by atoms with Crippen molar-refractivity contribution >= 4 is 33.3 Å². The Hall–Kier alpha value is -3.04. The van der Waals surface area contributed by atoms with E-state index in [9.17, 15) is 22.8 Å². The summed E-state index contributed by atoms with van der Waals surface area (Å²) in [5.41, 5.74) is 1.84. The van der Waals surface area contributed by atoms with Gasteiger partial charge in [-0.1, -0.05) is 0 Å². The van der Waals surface area contributed by atoms with Crippen LogP contribution in [0.2, 0.25) is 0 Å². The molecule has 0 atom stereocenters. The minimum Gasteiger partial charge on any atom is -0.369 e. The van der Waals surface area contributed by atoms with Gasteiger partial charge < -0.3 is 4.90 Å². The summed E-state index contributed by atoms with van der Waals surface area (Å²) in [4.78, 5) is 36.9. The lowest BCUT2D eigenvalue weighted by atomic mass is 10.1. The van der Waals surface area contributed by atoms with Gasteiger partial charge in [0.2, 0.25) is 10.0 Å². The van der Waals surface area contributed by atoms with Crippen LogP contribution in [-0.2, 0) is 10.0 Å². The number of sulfonamides is 1. The first-order valence-corrected chi connectivity index (χ1v) is 10.6. The lowest BCUT2D eigenvalue weighted by Crippen LogP contribution is -2.48. The SMILES string of the molecule is CC(=O)c1ccc(N2CCN(S(=O)(=O)c3ccc4c(c3)C(=O)NC4=O)CC2)cc1. The molecular formula is C20H19N3O5S. The van der Waals surface area contributed by atoms with Gasteiger partial charge in [0.25, 0.3) is 11.8 Å². The van der Waals surface area contributed by atoms with Crippen LogP contribution in [0.15, 0.2) is 47.4 Å². The van der Waals surface area contributed by atoms with Crippen LogP contribution in [0.1, 0.15) is 38.0 Å². The topological polar surface area (TPSA) is 104 Å². The summed E-state index contributed by atoms with van der Waals surface area (Å²) >= 11 is 0. The number of imide groups is 1. The Kier molecular flexibility index (Phi) is 4.71. The highest BCUT2D eigenvalue weighted by atomic mass is 32.2. The van der Waals surface area contributed by atoms with Gasteiger partial charge in [0, 0.05) is 37.4 Å². The van der Waals surface area contributed by atoms with Crippen LogP contribution in [0.4, 0.5) is 5.69 Å². The van der Waals surface area contributed by atoms with Gasteiger partial charge in [-0.15, -0.1) is 0 Å². The number of fused-ring (bicyclic) bond motifs is 1. The molecule has 9 heteroatoms. The van der Waals surface area contributed by atoms with Crippen LogP contribution < -0.4 is 10.2 Å². The predicted molar refractivity (Wildman–Crippen MR) is 106 cm³/mol. The maximum Gasteiger partial charge on any atom is 0.258 e. The van der Waals surface area contributed by atoms with Crippen LogP contribution >= 0.6 is 0 Å². The fraction of sp³-hybridized carbons (Fsp3) is 0.250. The van der Waals surface area contributed by atoms with E-state index in [-0.39, 0.29) is 21.8 Å². The molecule has 2 aliphatic rings. The lowest BCUT2D eigenvalue weighted by Gasteiger charge is -2.35. The van der Waals surface area contributed by atoms with Crippen molar-refractivity contribution in [1.29, 1.82) is 0 Å². The second-order valence-electron chi connectivity index (χ2n) is 6.98. The number of nitrogens with one attached hydrogen (secondary N) is 1. The standard InChI is InChI=1S/C20H19N3O5S/c1-13(24)14-2-4-15(5-3-14)22-8-10-23(11-9-22)29(27,28)16-6-7-17-18(12-16)20(26)21-19(17)25/h2-7,12H,8-11H2,1H3,(H,21,25,26). The summed E-state index contributed by atoms with van der Waals surface area (Å²) in [6, 6.07) is 11.2. The van der Waals surface area contributed by atoms with E-state index in [2.05, 4.69) is 10.2 Å². The lowest BCUT2D eigenvalue weighted by molar-refractivity contribution is 0.0878. The molecule has 0 spiro atoms. The summed E-state index contributed by atoms with van der Waals surface area (Å²) in [6.07, 6.45) is 0. The summed E-state index contributed by atoms with van der Waals surface area (Å²) in [7, 11) is -3.78. The number of amides is 2. The van der Waals surface area contributed by atoms with Gasteiger partial charge in [0.15, 0.2) is 5.78 Å². The molecule has 2 aromatic carbocycles. The quantitative estimate of drug-likeness (QED) is 0.598. The van der Waals surface area contributed by atoms with Gasteiger partial charge in [-0.05, 0) is 49.4 Å². The maximum absolute atomic E-state index is 13.0. The van der Waals surface area contributed by atoms with E-state index in [1.54, 1.807) is 12.1 Å². The highest BCUT2D eigenvalue weighted by Gasteiger charge is 2.32. The Morgan fingerprint density at radius 1 is 0.897 bits per heavy atom. The van der Waals surface area contributed by atoms with Crippen LogP contribution in [0.5, 0.6) is 0 Å². The summed E-state index contributed by atoms with van der Waals surface area (Å²) < 4.78 is 27.4. The number of rotatable bonds is 4. The molecule has 1 saturated heterocycles. The molecule has 0 aromatic heterocycles. The monoisotopic (exact) mass is 413 g/mol. The van der Waals surface area contributed by atoms with Crippen molar-refractivity contribution in [1.82, 2.24) is 9.62 Å². The Bertz CT molecular complexity index is 1120. The summed E-state index contributed by atoms with van der Waals surface area (Å²) in [5.74, 6) is -1.10. The zero-order valence-electron chi connectivity index (χ0n) is 15.7. The smallest absolute Gasteiger partial charge is 0.258 e. The van der Waals surface area contributed by atoms with E-state index >= 15 is 0 Å². The first kappa shape index (κ1) is 19.3. The average molecular weight is 413 g/mol. The number of carbonyl (C=O) groups is 3. The Morgan fingerprint density at radius 2 is 1.52 bits per heavy atom. The van der Waals surface area contributed by atoms with Gasteiger partial charge >= 0.3 is 0 Å². The minimum atomic E-state index is -3.78. The molecule has 8 nitrogen and oxygen atoms in total. The summed E-state index contributed by atoms with van der Waals surface area (Å²) in [6.45, 7) is 3.10. The Morgan fingerprint density at radius 3 is 2.14 bits per heavy atom. The average Bonchev–Trinajstić information content (AvgIpc) is 3.01. The number of benzene rings is 2. The fourth-order valence-corrected chi connectivity index (χ4v) is 5.00. The minimum absolute atomic E-state index is 0.000334. The highest BCUT2D eigenvalue weighted by molar-refractivity contribution is 7.89. The highest BCUT2D eigenvalue weighted by Crippen LogP contribution is 2.25. The number of anilines is 1. The van der Waals surface area contributed by atoms with E-state index in [1.165, 1.54) is 29.4 Å². The maximum atomic E-state index is 13.0. The van der Waals surface area contributed by atoms with Gasteiger partial charge in [0.1, 0.15) is 0 Å². The zero-order valence-corrected chi connectivity index (χ0v) is 16.5. The largest absolute Gasteiger partial charge is 0.369 e. The molecule has 0 aliphatic carbocycles. The van der Waals surface area contributed by atoms with Gasteiger partial charge in [0.05, 0.1) is 16.0 Å². The molecule has 2 heterocycles. The second-order valence-corrected chi connectivity index (χ2v) is 8.92. The third kappa shape index (κ3) is 3.43. The van der Waals surface area contributed by atoms with Gasteiger partial charge in [-0.2, -0.15) is 4.31 Å². The number of hydrogen-bond donors (Lipinski definition) is 1. The van der Waals surface area contributed by atoms with Crippen LogP contribution in [0.3, 0.4) is 0 Å². The molecular weight excluding hydrogens is 394 g/mol. The third-order valence-electron chi connectivity index (χ3n) is 5.22.